The highest BCUT2D eigenvalue weighted by molar-refractivity contribution is 7.13. The normalized spacial score (nSPS) is 14.7. The Balaban J connectivity index is 1.66. The lowest BCUT2D eigenvalue weighted by atomic mass is 10.2. The van der Waals surface area contributed by atoms with Crippen molar-refractivity contribution in [3.63, 3.8) is 0 Å². The molecule has 27 heavy (non-hydrogen) atoms. The average molecular weight is 398 g/mol. The number of nitrogens with one attached hydrogen (secondary N) is 1. The monoisotopic (exact) mass is 397 g/mol. The van der Waals surface area contributed by atoms with E-state index in [1.807, 2.05) is 18.2 Å². The van der Waals surface area contributed by atoms with E-state index in [0.717, 1.165) is 42.4 Å². The molecule has 0 bridgehead atoms. The molecule has 0 amide bonds. The van der Waals surface area contributed by atoms with E-state index >= 15 is 0 Å². The zero-order valence-corrected chi connectivity index (χ0v) is 15.9. The first-order chi connectivity index (χ1) is 13.2. The molecule has 7 nitrogen and oxygen atoms in total. The lowest BCUT2D eigenvalue weighted by Gasteiger charge is -2.31. The van der Waals surface area contributed by atoms with Gasteiger partial charge in [-0.3, -0.25) is 4.98 Å². The summed E-state index contributed by atoms with van der Waals surface area (Å²) in [5, 5.41) is 12.3. The number of benzene rings is 1. The molecule has 0 unspecified atom stereocenters. The summed E-state index contributed by atoms with van der Waals surface area (Å²) in [5.74, 6) is 1.36. The predicted octanol–water partition coefficient (Wildman–Crippen LogP) is 3.49. The second kappa shape index (κ2) is 7.88. The van der Waals surface area contributed by atoms with Crippen molar-refractivity contribution in [3.8, 4) is 16.6 Å². The standard InChI is InChI=1S/C18H16ClN7S/c19-26-7-5-25(6-8-26)18-23-15(16-11-21-12-27-16)9-17(24-18)22-14-3-1-13(10-20)2-4-14/h1-4,9,11-12H,5-8H2,(H,22,23,24). The van der Waals surface area contributed by atoms with Gasteiger partial charge in [-0.2, -0.15) is 10.2 Å². The van der Waals surface area contributed by atoms with Crippen molar-refractivity contribution in [3.05, 3.63) is 47.6 Å². The first-order valence-electron chi connectivity index (χ1n) is 8.42. The van der Waals surface area contributed by atoms with E-state index in [1.165, 1.54) is 11.3 Å². The van der Waals surface area contributed by atoms with E-state index in [9.17, 15) is 0 Å². The topological polar surface area (TPSA) is 81.0 Å². The van der Waals surface area contributed by atoms with Crippen molar-refractivity contribution < 1.29 is 0 Å². The van der Waals surface area contributed by atoms with E-state index in [0.29, 0.717) is 17.3 Å². The van der Waals surface area contributed by atoms with Crippen LogP contribution in [0.2, 0.25) is 0 Å². The molecule has 2 aromatic heterocycles. The quantitative estimate of drug-likeness (QED) is 0.675. The number of anilines is 3. The number of thiazole rings is 1. The van der Waals surface area contributed by atoms with Gasteiger partial charge in [0.25, 0.3) is 0 Å². The van der Waals surface area contributed by atoms with Gasteiger partial charge in [0.05, 0.1) is 27.7 Å². The SMILES string of the molecule is N#Cc1ccc(Nc2cc(-c3cncs3)nc(N3CCN(Cl)CC3)n2)cc1. The first-order valence-corrected chi connectivity index (χ1v) is 9.64. The fraction of sp³-hybridized carbons (Fsp3) is 0.222. The fourth-order valence-corrected chi connectivity index (χ4v) is 3.50. The molecule has 4 rings (SSSR count). The Bertz CT molecular complexity index is 945. The molecule has 0 aliphatic carbocycles. The summed E-state index contributed by atoms with van der Waals surface area (Å²) in [6.45, 7) is 3.06. The number of piperazine rings is 1. The van der Waals surface area contributed by atoms with E-state index in [4.69, 9.17) is 27.0 Å². The second-order valence-electron chi connectivity index (χ2n) is 6.02. The van der Waals surface area contributed by atoms with Gasteiger partial charge in [0.2, 0.25) is 5.95 Å². The van der Waals surface area contributed by atoms with E-state index in [1.54, 1.807) is 28.3 Å². The number of rotatable bonds is 4. The molecular weight excluding hydrogens is 382 g/mol. The summed E-state index contributed by atoms with van der Waals surface area (Å²) in [6, 6.07) is 11.3. The van der Waals surface area contributed by atoms with Crippen LogP contribution in [0.3, 0.4) is 0 Å². The number of nitrogens with zero attached hydrogens (tertiary/aromatic N) is 6. The molecule has 1 fully saturated rings. The maximum atomic E-state index is 8.95. The molecule has 1 N–H and O–H groups in total. The third kappa shape index (κ3) is 4.17. The van der Waals surface area contributed by atoms with Gasteiger partial charge in [-0.1, -0.05) is 0 Å². The smallest absolute Gasteiger partial charge is 0.228 e. The maximum Gasteiger partial charge on any atom is 0.228 e. The number of aromatic nitrogens is 3. The molecule has 0 atom stereocenters. The van der Waals surface area contributed by atoms with Gasteiger partial charge in [0.15, 0.2) is 0 Å². The summed E-state index contributed by atoms with van der Waals surface area (Å²) in [6.07, 6.45) is 1.80. The molecule has 136 valence electrons. The Morgan fingerprint density at radius 2 is 1.89 bits per heavy atom. The zero-order chi connectivity index (χ0) is 18.6. The Morgan fingerprint density at radius 1 is 1.11 bits per heavy atom. The van der Waals surface area contributed by atoms with Crippen molar-refractivity contribution in [2.24, 2.45) is 0 Å². The van der Waals surface area contributed by atoms with E-state index in [2.05, 4.69) is 21.3 Å². The van der Waals surface area contributed by atoms with Crippen LogP contribution in [0.15, 0.2) is 42.0 Å². The summed E-state index contributed by atoms with van der Waals surface area (Å²) >= 11 is 7.61. The largest absolute Gasteiger partial charge is 0.340 e. The van der Waals surface area contributed by atoms with E-state index in [-0.39, 0.29) is 0 Å². The van der Waals surface area contributed by atoms with Crippen LogP contribution in [-0.4, -0.2) is 45.5 Å². The molecular formula is C18H16ClN7S. The van der Waals surface area contributed by atoms with E-state index < -0.39 is 0 Å². The van der Waals surface area contributed by atoms with Gasteiger partial charge >= 0.3 is 0 Å². The van der Waals surface area contributed by atoms with Crippen LogP contribution >= 0.6 is 23.1 Å². The van der Waals surface area contributed by atoms with Crippen LogP contribution < -0.4 is 10.2 Å². The van der Waals surface area contributed by atoms with Crippen molar-refractivity contribution in [2.45, 2.75) is 0 Å². The van der Waals surface area contributed by atoms with Gasteiger partial charge in [0.1, 0.15) is 5.82 Å². The van der Waals surface area contributed by atoms with Crippen LogP contribution in [0.25, 0.3) is 10.6 Å². The third-order valence-corrected chi connectivity index (χ3v) is 5.33. The van der Waals surface area contributed by atoms with Gasteiger partial charge in [-0.05, 0) is 36.0 Å². The highest BCUT2D eigenvalue weighted by Crippen LogP contribution is 2.27. The van der Waals surface area contributed by atoms with Crippen LogP contribution in [0.1, 0.15) is 5.56 Å². The molecule has 9 heteroatoms. The molecule has 0 saturated carbocycles. The average Bonchev–Trinajstić information content (AvgIpc) is 3.24. The number of nitriles is 1. The van der Waals surface area contributed by atoms with Crippen molar-refractivity contribution in [1.82, 2.24) is 19.4 Å². The fourth-order valence-electron chi connectivity index (χ4n) is 2.77. The van der Waals surface area contributed by atoms with Gasteiger partial charge in [0, 0.05) is 44.1 Å². The maximum absolute atomic E-state index is 8.95. The second-order valence-corrected chi connectivity index (χ2v) is 7.38. The van der Waals surface area contributed by atoms with Crippen molar-refractivity contribution in [1.29, 1.82) is 5.26 Å². The molecule has 3 aromatic rings. The molecule has 1 aromatic carbocycles. The van der Waals surface area contributed by atoms with Gasteiger partial charge < -0.3 is 10.2 Å². The highest BCUT2D eigenvalue weighted by atomic mass is 35.5. The van der Waals surface area contributed by atoms with Gasteiger partial charge in [-0.15, -0.1) is 11.3 Å². The molecule has 1 aliphatic heterocycles. The number of hydrogen-bond donors (Lipinski definition) is 1. The zero-order valence-electron chi connectivity index (χ0n) is 14.3. The Kier molecular flexibility index (Phi) is 5.16. The summed E-state index contributed by atoms with van der Waals surface area (Å²) in [5.41, 5.74) is 4.09. The molecule has 3 heterocycles. The number of hydrogen-bond acceptors (Lipinski definition) is 8. The minimum absolute atomic E-state index is 0.619. The van der Waals surface area contributed by atoms with Crippen molar-refractivity contribution in [2.75, 3.05) is 36.4 Å². The Morgan fingerprint density at radius 3 is 2.56 bits per heavy atom. The summed E-state index contributed by atoms with van der Waals surface area (Å²) in [7, 11) is 0. The Hall–Kier alpha value is -2.73. The Labute approximate surface area is 166 Å². The van der Waals surface area contributed by atoms with Crippen LogP contribution in [0, 0.1) is 11.3 Å². The third-order valence-electron chi connectivity index (χ3n) is 4.19. The van der Waals surface area contributed by atoms with Crippen molar-refractivity contribution >= 4 is 40.6 Å². The molecule has 1 saturated heterocycles. The summed E-state index contributed by atoms with van der Waals surface area (Å²) < 4.78 is 1.78. The lowest BCUT2D eigenvalue weighted by molar-refractivity contribution is 0.413. The molecule has 0 spiro atoms. The van der Waals surface area contributed by atoms with Crippen LogP contribution in [-0.2, 0) is 0 Å². The number of halogens is 1. The lowest BCUT2D eigenvalue weighted by Crippen LogP contribution is -2.43. The highest BCUT2D eigenvalue weighted by Gasteiger charge is 2.19. The minimum atomic E-state index is 0.619. The van der Waals surface area contributed by atoms with Crippen LogP contribution in [0.4, 0.5) is 17.5 Å². The predicted molar refractivity (Wildman–Crippen MR) is 107 cm³/mol. The molecule has 1 aliphatic rings. The van der Waals surface area contributed by atoms with Gasteiger partial charge in [-0.25, -0.2) is 9.40 Å². The first kappa shape index (κ1) is 17.7. The minimum Gasteiger partial charge on any atom is -0.340 e. The van der Waals surface area contributed by atoms with Crippen LogP contribution in [0.5, 0.6) is 0 Å². The molecule has 0 radical (unpaired) electrons. The summed E-state index contributed by atoms with van der Waals surface area (Å²) in [4.78, 5) is 16.7.